The minimum absolute atomic E-state index is 0.377. The molecule has 3 aromatic rings. The lowest BCUT2D eigenvalue weighted by molar-refractivity contribution is 0.334. The first-order valence-corrected chi connectivity index (χ1v) is 11.4. The van der Waals surface area contributed by atoms with Gasteiger partial charge in [-0.1, -0.05) is 0 Å². The smallest absolute Gasteiger partial charge is 0.182 e. The molecule has 7 heteroatoms. The molecule has 0 radical (unpaired) electrons. The van der Waals surface area contributed by atoms with E-state index in [1.54, 1.807) is 7.11 Å². The first-order valence-electron chi connectivity index (χ1n) is 11.4. The summed E-state index contributed by atoms with van der Waals surface area (Å²) < 4.78 is 7.30. The van der Waals surface area contributed by atoms with E-state index in [9.17, 15) is 5.26 Å². The van der Waals surface area contributed by atoms with Crippen LogP contribution in [-0.2, 0) is 0 Å². The Morgan fingerprint density at radius 1 is 1.12 bits per heavy atom. The molecule has 2 fully saturated rings. The van der Waals surface area contributed by atoms with Gasteiger partial charge in [0.2, 0.25) is 0 Å². The number of anilines is 1. The zero-order valence-corrected chi connectivity index (χ0v) is 18.4. The highest BCUT2D eigenvalue weighted by atomic mass is 16.5. The molecule has 0 saturated heterocycles. The molecule has 2 aliphatic carbocycles. The summed E-state index contributed by atoms with van der Waals surface area (Å²) in [4.78, 5) is 9.05. The lowest BCUT2D eigenvalue weighted by atomic mass is 9.80. The SMILES string of the molecule is COc1ccc([C@H]2CC[C@H](CNc3cc(-c4cnn(C5CC5)c4)ccn3)CC2)nc1C#N. The van der Waals surface area contributed by atoms with E-state index in [0.29, 0.717) is 29.3 Å². The molecule has 0 bridgehead atoms. The molecule has 7 nitrogen and oxygen atoms in total. The quantitative estimate of drug-likeness (QED) is 0.573. The van der Waals surface area contributed by atoms with Crippen molar-refractivity contribution in [3.05, 3.63) is 54.2 Å². The number of pyridine rings is 2. The normalized spacial score (nSPS) is 20.5. The van der Waals surface area contributed by atoms with Crippen molar-refractivity contribution in [2.45, 2.75) is 50.5 Å². The third-order valence-electron chi connectivity index (χ3n) is 6.66. The van der Waals surface area contributed by atoms with E-state index in [2.05, 4.69) is 43.4 Å². The molecule has 0 aliphatic heterocycles. The summed E-state index contributed by atoms with van der Waals surface area (Å²) in [6, 6.07) is 10.8. The molecule has 2 saturated carbocycles. The average Bonchev–Trinajstić information content (AvgIpc) is 3.59. The van der Waals surface area contributed by atoms with Gasteiger partial charge in [0.25, 0.3) is 0 Å². The number of nitrogens with one attached hydrogen (secondary N) is 1. The second-order valence-electron chi connectivity index (χ2n) is 8.87. The molecule has 0 aromatic carbocycles. The van der Waals surface area contributed by atoms with Crippen LogP contribution in [0.2, 0.25) is 0 Å². The van der Waals surface area contributed by atoms with Crippen molar-refractivity contribution in [2.24, 2.45) is 5.92 Å². The number of hydrogen-bond donors (Lipinski definition) is 1. The predicted octanol–water partition coefficient (Wildman–Crippen LogP) is 4.94. The lowest BCUT2D eigenvalue weighted by Gasteiger charge is -2.28. The van der Waals surface area contributed by atoms with Gasteiger partial charge in [-0.2, -0.15) is 10.4 Å². The molecule has 164 valence electrons. The van der Waals surface area contributed by atoms with Crippen LogP contribution in [0, 0.1) is 17.2 Å². The van der Waals surface area contributed by atoms with Crippen LogP contribution < -0.4 is 10.1 Å². The Balaban J connectivity index is 1.15. The topological polar surface area (TPSA) is 88.7 Å². The van der Waals surface area contributed by atoms with Gasteiger partial charge in [-0.3, -0.25) is 4.68 Å². The van der Waals surface area contributed by atoms with Crippen LogP contribution in [0.4, 0.5) is 5.82 Å². The summed E-state index contributed by atoms with van der Waals surface area (Å²) in [6.07, 6.45) is 12.9. The number of hydrogen-bond acceptors (Lipinski definition) is 6. The first kappa shape index (κ1) is 20.5. The molecule has 5 rings (SSSR count). The van der Waals surface area contributed by atoms with E-state index < -0.39 is 0 Å². The van der Waals surface area contributed by atoms with Gasteiger partial charge < -0.3 is 10.1 Å². The maximum Gasteiger partial charge on any atom is 0.182 e. The van der Waals surface area contributed by atoms with Crippen LogP contribution in [0.1, 0.15) is 61.9 Å². The fraction of sp³-hybridized carbons (Fsp3) is 0.440. The summed E-state index contributed by atoms with van der Waals surface area (Å²) in [7, 11) is 1.57. The number of methoxy groups -OCH3 is 1. The molecule has 0 spiro atoms. The zero-order chi connectivity index (χ0) is 21.9. The van der Waals surface area contributed by atoms with Gasteiger partial charge in [0.15, 0.2) is 11.4 Å². The number of rotatable bonds is 7. The van der Waals surface area contributed by atoms with Crippen molar-refractivity contribution in [3.63, 3.8) is 0 Å². The number of nitrogens with zero attached hydrogens (tertiary/aromatic N) is 5. The Hall–Kier alpha value is -3.40. The molecule has 1 N–H and O–H groups in total. The Bertz CT molecular complexity index is 1120. The van der Waals surface area contributed by atoms with Gasteiger partial charge in [0.1, 0.15) is 11.9 Å². The molecule has 0 atom stereocenters. The van der Waals surface area contributed by atoms with E-state index in [4.69, 9.17) is 4.74 Å². The molecular formula is C25H28N6O. The molecule has 32 heavy (non-hydrogen) atoms. The van der Waals surface area contributed by atoms with Gasteiger partial charge in [-0.05, 0) is 74.3 Å². The average molecular weight is 429 g/mol. The van der Waals surface area contributed by atoms with Gasteiger partial charge in [0.05, 0.1) is 19.3 Å². The second kappa shape index (κ2) is 8.99. The highest BCUT2D eigenvalue weighted by Gasteiger charge is 2.25. The summed E-state index contributed by atoms with van der Waals surface area (Å²) in [5.74, 6) is 2.49. The van der Waals surface area contributed by atoms with E-state index >= 15 is 0 Å². The fourth-order valence-electron chi connectivity index (χ4n) is 4.58. The summed E-state index contributed by atoms with van der Waals surface area (Å²) in [5.41, 5.74) is 3.68. The van der Waals surface area contributed by atoms with Gasteiger partial charge in [0, 0.05) is 36.1 Å². The van der Waals surface area contributed by atoms with Crippen LogP contribution in [0.15, 0.2) is 42.9 Å². The Labute approximate surface area is 188 Å². The summed E-state index contributed by atoms with van der Waals surface area (Å²) in [5, 5.41) is 17.3. The van der Waals surface area contributed by atoms with Gasteiger partial charge >= 0.3 is 0 Å². The summed E-state index contributed by atoms with van der Waals surface area (Å²) >= 11 is 0. The van der Waals surface area contributed by atoms with Crippen molar-refractivity contribution in [1.82, 2.24) is 19.7 Å². The van der Waals surface area contributed by atoms with Crippen LogP contribution in [0.3, 0.4) is 0 Å². The van der Waals surface area contributed by atoms with Crippen LogP contribution in [-0.4, -0.2) is 33.4 Å². The van der Waals surface area contributed by atoms with E-state index in [1.807, 2.05) is 30.6 Å². The minimum Gasteiger partial charge on any atom is -0.494 e. The largest absolute Gasteiger partial charge is 0.494 e. The van der Waals surface area contributed by atoms with E-state index in [0.717, 1.165) is 54.9 Å². The molecule has 0 amide bonds. The van der Waals surface area contributed by atoms with Crippen molar-refractivity contribution >= 4 is 5.82 Å². The number of aromatic nitrogens is 4. The van der Waals surface area contributed by atoms with Crippen LogP contribution >= 0.6 is 0 Å². The minimum atomic E-state index is 0.377. The van der Waals surface area contributed by atoms with Crippen LogP contribution in [0.5, 0.6) is 5.75 Å². The number of ether oxygens (including phenoxy) is 1. The molecule has 0 unspecified atom stereocenters. The Morgan fingerprint density at radius 3 is 2.72 bits per heavy atom. The van der Waals surface area contributed by atoms with Gasteiger partial charge in [-0.15, -0.1) is 0 Å². The highest BCUT2D eigenvalue weighted by Crippen LogP contribution is 2.37. The lowest BCUT2D eigenvalue weighted by Crippen LogP contribution is -2.21. The molecule has 2 aliphatic rings. The van der Waals surface area contributed by atoms with E-state index in [-0.39, 0.29) is 0 Å². The van der Waals surface area contributed by atoms with Crippen LogP contribution in [0.25, 0.3) is 11.1 Å². The highest BCUT2D eigenvalue weighted by molar-refractivity contribution is 5.64. The van der Waals surface area contributed by atoms with E-state index in [1.165, 1.54) is 12.8 Å². The zero-order valence-electron chi connectivity index (χ0n) is 18.4. The maximum absolute atomic E-state index is 9.30. The Morgan fingerprint density at radius 2 is 1.97 bits per heavy atom. The van der Waals surface area contributed by atoms with Crippen molar-refractivity contribution in [3.8, 4) is 22.9 Å². The fourth-order valence-corrected chi connectivity index (χ4v) is 4.58. The summed E-state index contributed by atoms with van der Waals surface area (Å²) in [6.45, 7) is 0.921. The third-order valence-corrected chi connectivity index (χ3v) is 6.66. The molecule has 3 heterocycles. The number of nitriles is 1. The second-order valence-corrected chi connectivity index (χ2v) is 8.87. The van der Waals surface area contributed by atoms with Crippen molar-refractivity contribution in [2.75, 3.05) is 19.0 Å². The standard InChI is InChI=1S/C25H28N6O/c1-32-24-9-8-22(30-23(24)13-26)18-4-2-17(3-5-18)14-28-25-12-19(10-11-27-25)20-15-29-31(16-20)21-6-7-21/h8-12,15-18,21H,2-7,14H2,1H3,(H,27,28)/t17-,18-. The maximum atomic E-state index is 9.30. The van der Waals surface area contributed by atoms with Gasteiger partial charge in [-0.25, -0.2) is 9.97 Å². The molecule has 3 aromatic heterocycles. The van der Waals surface area contributed by atoms with Crippen molar-refractivity contribution in [1.29, 1.82) is 5.26 Å². The van der Waals surface area contributed by atoms with Crippen molar-refractivity contribution < 1.29 is 4.74 Å². The third kappa shape index (κ3) is 4.45. The Kier molecular flexibility index (Phi) is 5.76. The molecular weight excluding hydrogens is 400 g/mol. The monoisotopic (exact) mass is 428 g/mol. The predicted molar refractivity (Wildman–Crippen MR) is 122 cm³/mol. The first-order chi connectivity index (χ1) is 15.7.